The van der Waals surface area contributed by atoms with Gasteiger partial charge >= 0.3 is 0 Å². The number of aliphatic hydroxyl groups excluding tert-OH is 1. The number of aliphatic hydroxyl groups is 1. The monoisotopic (exact) mass is 314 g/mol. The molecular formula is C20H30N2O. The third-order valence-electron chi connectivity index (χ3n) is 6.60. The molecule has 1 aromatic rings. The smallest absolute Gasteiger partial charge is 0.0736 e. The van der Waals surface area contributed by atoms with E-state index >= 15 is 0 Å². The minimum absolute atomic E-state index is 0.122. The summed E-state index contributed by atoms with van der Waals surface area (Å²) in [6.07, 6.45) is 8.65. The molecule has 0 amide bonds. The second kappa shape index (κ2) is 6.54. The van der Waals surface area contributed by atoms with Crippen molar-refractivity contribution in [3.05, 3.63) is 35.9 Å². The summed E-state index contributed by atoms with van der Waals surface area (Å²) in [5.74, 6) is 0.533. The summed E-state index contributed by atoms with van der Waals surface area (Å²) >= 11 is 0. The van der Waals surface area contributed by atoms with E-state index < -0.39 is 0 Å². The van der Waals surface area contributed by atoms with Gasteiger partial charge in [0.2, 0.25) is 0 Å². The lowest BCUT2D eigenvalue weighted by Crippen LogP contribution is -2.62. The van der Waals surface area contributed by atoms with Crippen molar-refractivity contribution in [2.75, 3.05) is 19.6 Å². The zero-order valence-corrected chi connectivity index (χ0v) is 14.1. The molecule has 3 heterocycles. The first kappa shape index (κ1) is 15.6. The molecular weight excluding hydrogens is 284 g/mol. The van der Waals surface area contributed by atoms with Crippen LogP contribution in [0.25, 0.3) is 0 Å². The van der Waals surface area contributed by atoms with Crippen molar-refractivity contribution < 1.29 is 5.11 Å². The van der Waals surface area contributed by atoms with E-state index in [9.17, 15) is 5.11 Å². The molecule has 3 saturated heterocycles. The van der Waals surface area contributed by atoms with Crippen LogP contribution in [0.4, 0.5) is 0 Å². The number of fused-ring (bicyclic) bond motifs is 3. The fourth-order valence-corrected chi connectivity index (χ4v) is 5.15. The molecule has 4 fully saturated rings. The predicted molar refractivity (Wildman–Crippen MR) is 93.3 cm³/mol. The molecule has 0 aromatic heterocycles. The molecule has 3 aliphatic heterocycles. The van der Waals surface area contributed by atoms with Gasteiger partial charge in [-0.1, -0.05) is 49.6 Å². The van der Waals surface area contributed by atoms with Crippen molar-refractivity contribution in [3.8, 4) is 0 Å². The summed E-state index contributed by atoms with van der Waals surface area (Å²) in [5, 5.41) is 14.6. The summed E-state index contributed by atoms with van der Waals surface area (Å²) in [6, 6.07) is 11.3. The summed E-state index contributed by atoms with van der Waals surface area (Å²) in [4.78, 5) is 2.51. The fourth-order valence-electron chi connectivity index (χ4n) is 5.15. The van der Waals surface area contributed by atoms with Gasteiger partial charge in [-0.2, -0.15) is 0 Å². The Morgan fingerprint density at radius 1 is 1.04 bits per heavy atom. The highest BCUT2D eigenvalue weighted by Crippen LogP contribution is 2.38. The molecule has 0 spiro atoms. The highest BCUT2D eigenvalue weighted by molar-refractivity contribution is 5.25. The molecule has 2 bridgehead atoms. The maximum Gasteiger partial charge on any atom is 0.0736 e. The minimum Gasteiger partial charge on any atom is -0.391 e. The van der Waals surface area contributed by atoms with Gasteiger partial charge in [-0.15, -0.1) is 0 Å². The number of hydrogen-bond acceptors (Lipinski definition) is 3. The lowest BCUT2D eigenvalue weighted by Gasteiger charge is -2.50. The molecule has 2 atom stereocenters. The molecule has 1 aliphatic carbocycles. The summed E-state index contributed by atoms with van der Waals surface area (Å²) in [5.41, 5.74) is 1.56. The molecule has 4 aliphatic rings. The van der Waals surface area contributed by atoms with Crippen LogP contribution in [0.5, 0.6) is 0 Å². The highest BCUT2D eigenvalue weighted by atomic mass is 16.3. The number of nitrogens with zero attached hydrogens (tertiary/aromatic N) is 1. The van der Waals surface area contributed by atoms with Gasteiger partial charge in [-0.3, -0.25) is 4.90 Å². The number of hydrogen-bond donors (Lipinski definition) is 2. The Labute approximate surface area is 140 Å². The molecule has 3 nitrogen and oxygen atoms in total. The van der Waals surface area contributed by atoms with Crippen LogP contribution in [0.2, 0.25) is 0 Å². The summed E-state index contributed by atoms with van der Waals surface area (Å²) in [6.45, 7) is 3.27. The van der Waals surface area contributed by atoms with Gasteiger partial charge < -0.3 is 10.4 Å². The van der Waals surface area contributed by atoms with Gasteiger partial charge in [0.1, 0.15) is 0 Å². The van der Waals surface area contributed by atoms with Crippen LogP contribution in [0.15, 0.2) is 30.3 Å². The van der Waals surface area contributed by atoms with Crippen molar-refractivity contribution in [2.24, 2.45) is 5.92 Å². The summed E-state index contributed by atoms with van der Waals surface area (Å²) < 4.78 is 0. The Kier molecular flexibility index (Phi) is 4.44. The van der Waals surface area contributed by atoms with Crippen LogP contribution >= 0.6 is 0 Å². The Bertz CT molecular complexity index is 502. The average molecular weight is 314 g/mol. The first-order valence-electron chi connectivity index (χ1n) is 9.51. The molecule has 3 heteroatoms. The van der Waals surface area contributed by atoms with Gasteiger partial charge in [0.05, 0.1) is 6.10 Å². The normalized spacial score (nSPS) is 36.0. The average Bonchev–Trinajstić information content (AvgIpc) is 2.63. The van der Waals surface area contributed by atoms with Crippen molar-refractivity contribution in [1.82, 2.24) is 10.2 Å². The van der Waals surface area contributed by atoms with Crippen LogP contribution in [0.1, 0.15) is 50.5 Å². The van der Waals surface area contributed by atoms with E-state index in [1.165, 1.54) is 63.6 Å². The molecule has 0 radical (unpaired) electrons. The lowest BCUT2D eigenvalue weighted by molar-refractivity contribution is -0.0736. The van der Waals surface area contributed by atoms with E-state index in [0.29, 0.717) is 12.0 Å². The molecule has 1 aromatic carbocycles. The zero-order chi connectivity index (χ0) is 15.7. The third kappa shape index (κ3) is 2.95. The van der Waals surface area contributed by atoms with E-state index in [1.807, 2.05) is 0 Å². The van der Waals surface area contributed by atoms with E-state index in [-0.39, 0.29) is 11.6 Å². The Balaban J connectivity index is 1.50. The van der Waals surface area contributed by atoms with Crippen LogP contribution in [-0.2, 0) is 5.54 Å². The van der Waals surface area contributed by atoms with Crippen LogP contribution in [0.3, 0.4) is 0 Å². The van der Waals surface area contributed by atoms with Gasteiger partial charge in [0.25, 0.3) is 0 Å². The molecule has 126 valence electrons. The standard InChI is InChI=1S/C20H30N2O/c23-19-16-9-13-22(14-10-16)18(19)15-21-20(11-5-2-6-12-20)17-7-3-1-4-8-17/h1,3-4,7-8,16,18-19,21,23H,2,5-6,9-15H2. The van der Waals surface area contributed by atoms with Crippen molar-refractivity contribution in [3.63, 3.8) is 0 Å². The molecule has 2 unspecified atom stereocenters. The van der Waals surface area contributed by atoms with Crippen LogP contribution in [-0.4, -0.2) is 41.8 Å². The van der Waals surface area contributed by atoms with E-state index in [0.717, 1.165) is 6.54 Å². The van der Waals surface area contributed by atoms with Gasteiger partial charge in [0.15, 0.2) is 0 Å². The second-order valence-corrected chi connectivity index (χ2v) is 7.82. The number of piperidine rings is 3. The molecule has 5 rings (SSSR count). The number of rotatable bonds is 4. The van der Waals surface area contributed by atoms with Crippen molar-refractivity contribution in [1.29, 1.82) is 0 Å². The van der Waals surface area contributed by atoms with Crippen molar-refractivity contribution >= 4 is 0 Å². The number of nitrogens with one attached hydrogen (secondary N) is 1. The quantitative estimate of drug-likeness (QED) is 0.897. The largest absolute Gasteiger partial charge is 0.391 e. The third-order valence-corrected chi connectivity index (χ3v) is 6.60. The number of benzene rings is 1. The lowest BCUT2D eigenvalue weighted by atomic mass is 9.75. The first-order chi connectivity index (χ1) is 11.3. The maximum atomic E-state index is 10.7. The minimum atomic E-state index is -0.138. The Hall–Kier alpha value is -0.900. The van der Waals surface area contributed by atoms with Crippen molar-refractivity contribution in [2.45, 2.75) is 62.6 Å². The predicted octanol–water partition coefficient (Wildman–Crippen LogP) is 2.89. The van der Waals surface area contributed by atoms with E-state index in [4.69, 9.17) is 0 Å². The van der Waals surface area contributed by atoms with Gasteiger partial charge in [-0.05, 0) is 50.3 Å². The topological polar surface area (TPSA) is 35.5 Å². The van der Waals surface area contributed by atoms with Gasteiger partial charge in [-0.25, -0.2) is 0 Å². The van der Waals surface area contributed by atoms with Crippen LogP contribution < -0.4 is 5.32 Å². The van der Waals surface area contributed by atoms with Crippen LogP contribution in [0, 0.1) is 5.92 Å². The van der Waals surface area contributed by atoms with E-state index in [2.05, 4.69) is 40.5 Å². The summed E-state index contributed by atoms with van der Waals surface area (Å²) in [7, 11) is 0. The molecule has 1 saturated carbocycles. The Morgan fingerprint density at radius 3 is 2.39 bits per heavy atom. The second-order valence-electron chi connectivity index (χ2n) is 7.82. The Morgan fingerprint density at radius 2 is 1.74 bits per heavy atom. The highest BCUT2D eigenvalue weighted by Gasteiger charge is 2.42. The zero-order valence-electron chi connectivity index (χ0n) is 14.1. The molecule has 2 N–H and O–H groups in total. The fraction of sp³-hybridized carbons (Fsp3) is 0.700. The SMILES string of the molecule is OC1C2CCN(CC2)C1CNC1(c2ccccc2)CCCCC1. The van der Waals surface area contributed by atoms with E-state index in [1.54, 1.807) is 0 Å². The molecule has 23 heavy (non-hydrogen) atoms. The maximum absolute atomic E-state index is 10.7. The first-order valence-corrected chi connectivity index (χ1v) is 9.51. The van der Waals surface area contributed by atoms with Gasteiger partial charge in [0, 0.05) is 18.1 Å².